The zero-order valence-corrected chi connectivity index (χ0v) is 16.3. The van der Waals surface area contributed by atoms with E-state index in [2.05, 4.69) is 36.5 Å². The van der Waals surface area contributed by atoms with Crippen molar-refractivity contribution in [2.75, 3.05) is 13.1 Å². The number of aryl methyl sites for hydroxylation is 1. The molecule has 138 valence electrons. The van der Waals surface area contributed by atoms with E-state index in [1.54, 1.807) is 0 Å². The second-order valence-corrected chi connectivity index (χ2v) is 7.85. The van der Waals surface area contributed by atoms with Crippen LogP contribution in [0.15, 0.2) is 35.7 Å². The summed E-state index contributed by atoms with van der Waals surface area (Å²) in [5, 5.41) is 5.05. The first-order valence-corrected chi connectivity index (χ1v) is 10.2. The summed E-state index contributed by atoms with van der Waals surface area (Å²) in [6.07, 6.45) is 3.26. The van der Waals surface area contributed by atoms with Crippen LogP contribution >= 0.6 is 11.3 Å². The molecule has 1 fully saturated rings. The zero-order valence-electron chi connectivity index (χ0n) is 15.5. The van der Waals surface area contributed by atoms with E-state index in [4.69, 9.17) is 0 Å². The number of likely N-dealkylation sites (tertiary alicyclic amines) is 1. The number of nitrogens with zero attached hydrogens (tertiary/aromatic N) is 1. The number of benzene rings is 1. The highest BCUT2D eigenvalue weighted by Gasteiger charge is 2.27. The van der Waals surface area contributed by atoms with Gasteiger partial charge in [-0.2, -0.15) is 0 Å². The van der Waals surface area contributed by atoms with E-state index in [1.165, 1.54) is 16.9 Å². The van der Waals surface area contributed by atoms with Gasteiger partial charge in [-0.15, -0.1) is 11.3 Å². The third-order valence-corrected chi connectivity index (χ3v) is 5.68. The van der Waals surface area contributed by atoms with E-state index < -0.39 is 0 Å². The summed E-state index contributed by atoms with van der Waals surface area (Å²) in [6, 6.07) is 10.4. The molecule has 5 heteroatoms. The van der Waals surface area contributed by atoms with Gasteiger partial charge in [0.25, 0.3) is 5.91 Å². The molecule has 26 heavy (non-hydrogen) atoms. The Morgan fingerprint density at radius 3 is 2.73 bits per heavy atom. The normalized spacial score (nSPS) is 17.2. The van der Waals surface area contributed by atoms with Crippen molar-refractivity contribution in [1.82, 2.24) is 10.2 Å². The molecule has 3 rings (SSSR count). The predicted octanol–water partition coefficient (Wildman–Crippen LogP) is 4.24. The molecule has 1 aromatic heterocycles. The quantitative estimate of drug-likeness (QED) is 0.856. The van der Waals surface area contributed by atoms with Crippen LogP contribution in [-0.2, 0) is 4.79 Å². The Morgan fingerprint density at radius 2 is 2.00 bits per heavy atom. The predicted molar refractivity (Wildman–Crippen MR) is 106 cm³/mol. The third-order valence-electron chi connectivity index (χ3n) is 4.77. The van der Waals surface area contributed by atoms with Gasteiger partial charge in [0.05, 0.1) is 4.88 Å². The van der Waals surface area contributed by atoms with Crippen LogP contribution in [0.2, 0.25) is 0 Å². The third kappa shape index (κ3) is 4.33. The van der Waals surface area contributed by atoms with Gasteiger partial charge in [0.15, 0.2) is 0 Å². The molecular weight excluding hydrogens is 344 g/mol. The Hall–Kier alpha value is -2.14. The molecule has 1 aliphatic heterocycles. The first kappa shape index (κ1) is 18.6. The van der Waals surface area contributed by atoms with Gasteiger partial charge in [0.2, 0.25) is 5.91 Å². The molecule has 0 spiro atoms. The van der Waals surface area contributed by atoms with Crippen molar-refractivity contribution in [3.05, 3.63) is 46.2 Å². The number of rotatable bonds is 5. The molecule has 1 atom stereocenters. The molecule has 2 aromatic rings. The number of thiophene rings is 1. The summed E-state index contributed by atoms with van der Waals surface area (Å²) in [4.78, 5) is 27.7. The molecule has 1 saturated heterocycles. The Labute approximate surface area is 159 Å². The number of hydrogen-bond acceptors (Lipinski definition) is 3. The Kier molecular flexibility index (Phi) is 6.09. The molecule has 4 nitrogen and oxygen atoms in total. The van der Waals surface area contributed by atoms with E-state index in [0.717, 1.165) is 41.8 Å². The lowest BCUT2D eigenvalue weighted by Crippen LogP contribution is -2.49. The first-order chi connectivity index (χ1) is 12.6. The number of carbonyl (C=O) groups is 2. The molecule has 1 unspecified atom stereocenters. The Balaban J connectivity index is 1.72. The summed E-state index contributed by atoms with van der Waals surface area (Å²) in [6.45, 7) is 5.41. The molecule has 0 radical (unpaired) electrons. The second kappa shape index (κ2) is 8.49. The molecule has 1 aliphatic rings. The molecule has 1 N–H and O–H groups in total. The van der Waals surface area contributed by atoms with Gasteiger partial charge < -0.3 is 10.2 Å². The minimum atomic E-state index is 0.0644. The largest absolute Gasteiger partial charge is 0.352 e. The van der Waals surface area contributed by atoms with E-state index in [1.807, 2.05) is 23.3 Å². The van der Waals surface area contributed by atoms with Crippen LogP contribution in [0.25, 0.3) is 11.1 Å². The average Bonchev–Trinajstić information content (AvgIpc) is 3.12. The summed E-state index contributed by atoms with van der Waals surface area (Å²) in [5.41, 5.74) is 3.28. The first-order valence-electron chi connectivity index (χ1n) is 9.31. The van der Waals surface area contributed by atoms with Crippen LogP contribution in [0.5, 0.6) is 0 Å². The molecule has 0 saturated carbocycles. The lowest BCUT2D eigenvalue weighted by Gasteiger charge is -2.33. The highest BCUT2D eigenvalue weighted by Crippen LogP contribution is 2.30. The van der Waals surface area contributed by atoms with Gasteiger partial charge in [-0.3, -0.25) is 9.59 Å². The summed E-state index contributed by atoms with van der Waals surface area (Å²) in [7, 11) is 0. The fourth-order valence-electron chi connectivity index (χ4n) is 3.39. The topological polar surface area (TPSA) is 49.4 Å². The molecule has 0 aliphatic carbocycles. The molecule has 2 amide bonds. The van der Waals surface area contributed by atoms with Crippen molar-refractivity contribution in [2.45, 2.75) is 45.6 Å². The minimum absolute atomic E-state index is 0.0644. The zero-order chi connectivity index (χ0) is 18.5. The number of nitrogens with one attached hydrogen (secondary N) is 1. The van der Waals surface area contributed by atoms with E-state index >= 15 is 0 Å². The lowest BCUT2D eigenvalue weighted by atomic mass is 10.0. The van der Waals surface area contributed by atoms with Crippen LogP contribution in [0.1, 0.15) is 47.8 Å². The molecule has 1 aromatic carbocycles. The maximum atomic E-state index is 13.1. The van der Waals surface area contributed by atoms with Crippen LogP contribution in [0, 0.1) is 6.92 Å². The summed E-state index contributed by atoms with van der Waals surface area (Å²) >= 11 is 1.50. The van der Waals surface area contributed by atoms with Crippen LogP contribution in [0.3, 0.4) is 0 Å². The fraction of sp³-hybridized carbons (Fsp3) is 0.429. The Morgan fingerprint density at radius 1 is 1.23 bits per heavy atom. The minimum Gasteiger partial charge on any atom is -0.352 e. The Bertz CT molecular complexity index is 767. The standard InChI is InChI=1S/C21H26N2O2S/c1-3-5-19(24)22-17-6-4-12-23(14-17)21(25)20-18(11-13-26-20)16-9-7-15(2)8-10-16/h7-11,13,17H,3-6,12,14H2,1-2H3,(H,22,24). The van der Waals surface area contributed by atoms with Crippen molar-refractivity contribution < 1.29 is 9.59 Å². The molecule has 0 bridgehead atoms. The van der Waals surface area contributed by atoms with E-state index in [9.17, 15) is 9.59 Å². The van der Waals surface area contributed by atoms with Crippen molar-refractivity contribution >= 4 is 23.2 Å². The van der Waals surface area contributed by atoms with Gasteiger partial charge in [0, 0.05) is 31.1 Å². The summed E-state index contributed by atoms with van der Waals surface area (Å²) < 4.78 is 0. The number of hydrogen-bond donors (Lipinski definition) is 1. The molecular formula is C21H26N2O2S. The maximum absolute atomic E-state index is 13.1. The van der Waals surface area contributed by atoms with Crippen molar-refractivity contribution in [2.24, 2.45) is 0 Å². The van der Waals surface area contributed by atoms with Crippen molar-refractivity contribution in [3.8, 4) is 11.1 Å². The van der Waals surface area contributed by atoms with Gasteiger partial charge in [-0.25, -0.2) is 0 Å². The van der Waals surface area contributed by atoms with Crippen molar-refractivity contribution in [1.29, 1.82) is 0 Å². The van der Waals surface area contributed by atoms with Crippen LogP contribution in [0.4, 0.5) is 0 Å². The maximum Gasteiger partial charge on any atom is 0.264 e. The SMILES string of the molecule is CCCC(=O)NC1CCCN(C(=O)c2sccc2-c2ccc(C)cc2)C1. The van der Waals surface area contributed by atoms with E-state index in [0.29, 0.717) is 13.0 Å². The fourth-order valence-corrected chi connectivity index (χ4v) is 4.27. The highest BCUT2D eigenvalue weighted by molar-refractivity contribution is 7.12. The number of piperidine rings is 1. The molecule has 2 heterocycles. The van der Waals surface area contributed by atoms with Gasteiger partial charge >= 0.3 is 0 Å². The number of amides is 2. The van der Waals surface area contributed by atoms with Gasteiger partial charge in [0.1, 0.15) is 0 Å². The van der Waals surface area contributed by atoms with Crippen LogP contribution < -0.4 is 5.32 Å². The highest BCUT2D eigenvalue weighted by atomic mass is 32.1. The number of carbonyl (C=O) groups excluding carboxylic acids is 2. The smallest absolute Gasteiger partial charge is 0.264 e. The average molecular weight is 371 g/mol. The van der Waals surface area contributed by atoms with Gasteiger partial charge in [-0.1, -0.05) is 36.8 Å². The second-order valence-electron chi connectivity index (χ2n) is 6.94. The monoisotopic (exact) mass is 370 g/mol. The van der Waals surface area contributed by atoms with Crippen LogP contribution in [-0.4, -0.2) is 35.8 Å². The van der Waals surface area contributed by atoms with Gasteiger partial charge in [-0.05, 0) is 43.2 Å². The van der Waals surface area contributed by atoms with E-state index in [-0.39, 0.29) is 17.9 Å². The lowest BCUT2D eigenvalue weighted by molar-refractivity contribution is -0.122. The summed E-state index contributed by atoms with van der Waals surface area (Å²) in [5.74, 6) is 0.160. The van der Waals surface area contributed by atoms with Crippen molar-refractivity contribution in [3.63, 3.8) is 0 Å².